The van der Waals surface area contributed by atoms with Gasteiger partial charge in [-0.1, -0.05) is 18.2 Å². The molecule has 0 radical (unpaired) electrons. The second-order valence-corrected chi connectivity index (χ2v) is 3.43. The molecule has 0 aliphatic rings. The van der Waals surface area contributed by atoms with Crippen LogP contribution in [0.4, 0.5) is 0 Å². The highest BCUT2D eigenvalue weighted by molar-refractivity contribution is 5.33. The molecule has 0 nitrogen and oxygen atoms in total. The number of aryl methyl sites for hydroxylation is 2. The van der Waals surface area contributed by atoms with Gasteiger partial charge in [0.1, 0.15) is 0 Å². The quantitative estimate of drug-likeness (QED) is 0.485. The van der Waals surface area contributed by atoms with Gasteiger partial charge < -0.3 is 0 Å². The molecule has 0 spiro atoms. The highest BCUT2D eigenvalue weighted by atomic mass is 14.1. The van der Waals surface area contributed by atoms with Gasteiger partial charge in [0, 0.05) is 6.42 Å². The maximum absolute atomic E-state index is 5.22. The Labute approximate surface area is 81.0 Å². The fraction of sp³-hybridized carbons (Fsp3) is 0.385. The first kappa shape index (κ1) is 9.86. The van der Waals surface area contributed by atoms with E-state index in [1.165, 1.54) is 16.7 Å². The van der Waals surface area contributed by atoms with Crippen LogP contribution in [0, 0.1) is 26.2 Å². The lowest BCUT2D eigenvalue weighted by molar-refractivity contribution is 0.846. The van der Waals surface area contributed by atoms with Gasteiger partial charge in [0.25, 0.3) is 0 Å². The van der Waals surface area contributed by atoms with E-state index in [-0.39, 0.29) is 0 Å². The summed E-state index contributed by atoms with van der Waals surface area (Å²) in [6.07, 6.45) is 8.31. The second-order valence-electron chi connectivity index (χ2n) is 3.43. The van der Waals surface area contributed by atoms with Crippen LogP contribution in [0.2, 0.25) is 0 Å². The fourth-order valence-corrected chi connectivity index (χ4v) is 1.61. The first-order valence-corrected chi connectivity index (χ1v) is 4.74. The summed E-state index contributed by atoms with van der Waals surface area (Å²) in [5.74, 6) is 2.68. The molecule has 0 unspecified atom stereocenters. The topological polar surface area (TPSA) is 0 Å². The van der Waals surface area contributed by atoms with Crippen molar-refractivity contribution in [2.24, 2.45) is 0 Å². The highest BCUT2D eigenvalue weighted by Gasteiger charge is 2.00. The van der Waals surface area contributed by atoms with E-state index in [4.69, 9.17) is 6.42 Å². The van der Waals surface area contributed by atoms with Crippen molar-refractivity contribution in [2.45, 2.75) is 33.1 Å². The highest BCUT2D eigenvalue weighted by Crippen LogP contribution is 2.15. The van der Waals surface area contributed by atoms with Gasteiger partial charge in [0.15, 0.2) is 0 Å². The summed E-state index contributed by atoms with van der Waals surface area (Å²) in [5, 5.41) is 0. The molecule has 68 valence electrons. The van der Waals surface area contributed by atoms with E-state index in [0.717, 1.165) is 19.3 Å². The second kappa shape index (κ2) is 4.72. The SMILES string of the molecule is C#CCCCc1c(C)cccc1C. The Kier molecular flexibility index (Phi) is 3.58. The molecule has 0 heteroatoms. The molecular weight excluding hydrogens is 156 g/mol. The van der Waals surface area contributed by atoms with Crippen LogP contribution in [-0.2, 0) is 6.42 Å². The predicted octanol–water partition coefficient (Wildman–Crippen LogP) is 3.26. The third-order valence-corrected chi connectivity index (χ3v) is 2.39. The summed E-state index contributed by atoms with van der Waals surface area (Å²) in [5.41, 5.74) is 4.24. The molecule has 0 saturated heterocycles. The van der Waals surface area contributed by atoms with Crippen LogP contribution in [0.5, 0.6) is 0 Å². The van der Waals surface area contributed by atoms with Crippen LogP contribution in [0.1, 0.15) is 29.5 Å². The number of hydrogen-bond donors (Lipinski definition) is 0. The van der Waals surface area contributed by atoms with E-state index >= 15 is 0 Å². The Morgan fingerprint density at radius 1 is 1.23 bits per heavy atom. The summed E-state index contributed by atoms with van der Waals surface area (Å²) < 4.78 is 0. The lowest BCUT2D eigenvalue weighted by atomic mass is 9.98. The number of benzene rings is 1. The molecule has 0 bridgehead atoms. The maximum Gasteiger partial charge on any atom is 0.00892 e. The Bertz CT molecular complexity index is 295. The Morgan fingerprint density at radius 2 is 1.85 bits per heavy atom. The first-order valence-electron chi connectivity index (χ1n) is 4.74. The standard InChI is InChI=1S/C13H16/c1-4-5-6-10-13-11(2)8-7-9-12(13)3/h1,7-9H,5-6,10H2,2-3H3. The van der Waals surface area contributed by atoms with Gasteiger partial charge in [-0.3, -0.25) is 0 Å². The molecule has 0 N–H and O–H groups in total. The minimum atomic E-state index is 0.883. The maximum atomic E-state index is 5.22. The average molecular weight is 172 g/mol. The van der Waals surface area contributed by atoms with Crippen molar-refractivity contribution in [1.82, 2.24) is 0 Å². The zero-order valence-corrected chi connectivity index (χ0v) is 8.43. The van der Waals surface area contributed by atoms with E-state index in [0.29, 0.717) is 0 Å². The van der Waals surface area contributed by atoms with Gasteiger partial charge >= 0.3 is 0 Å². The summed E-state index contributed by atoms with van der Waals surface area (Å²) in [6, 6.07) is 6.44. The Hall–Kier alpha value is -1.22. The van der Waals surface area contributed by atoms with Crippen molar-refractivity contribution < 1.29 is 0 Å². The van der Waals surface area contributed by atoms with E-state index < -0.39 is 0 Å². The number of unbranched alkanes of at least 4 members (excludes halogenated alkanes) is 1. The van der Waals surface area contributed by atoms with Gasteiger partial charge in [-0.15, -0.1) is 12.3 Å². The van der Waals surface area contributed by atoms with Crippen molar-refractivity contribution in [3.63, 3.8) is 0 Å². The van der Waals surface area contributed by atoms with Gasteiger partial charge in [-0.2, -0.15) is 0 Å². The summed E-state index contributed by atoms with van der Waals surface area (Å²) in [7, 11) is 0. The minimum absolute atomic E-state index is 0.883. The molecule has 0 aliphatic heterocycles. The first-order chi connectivity index (χ1) is 6.25. The van der Waals surface area contributed by atoms with Crippen LogP contribution in [0.15, 0.2) is 18.2 Å². The minimum Gasteiger partial charge on any atom is -0.120 e. The molecule has 0 amide bonds. The van der Waals surface area contributed by atoms with Crippen LogP contribution in [0.25, 0.3) is 0 Å². The van der Waals surface area contributed by atoms with E-state index in [1.54, 1.807) is 0 Å². The molecule has 1 rings (SSSR count). The van der Waals surface area contributed by atoms with Crippen LogP contribution >= 0.6 is 0 Å². The fourth-order valence-electron chi connectivity index (χ4n) is 1.61. The Morgan fingerprint density at radius 3 is 2.38 bits per heavy atom. The van der Waals surface area contributed by atoms with Gasteiger partial charge in [0.2, 0.25) is 0 Å². The van der Waals surface area contributed by atoms with Crippen molar-refractivity contribution in [2.75, 3.05) is 0 Å². The molecule has 13 heavy (non-hydrogen) atoms. The molecule has 0 aromatic heterocycles. The zero-order chi connectivity index (χ0) is 9.68. The zero-order valence-electron chi connectivity index (χ0n) is 8.43. The molecular formula is C13H16. The lowest BCUT2D eigenvalue weighted by Crippen LogP contribution is -1.93. The molecule has 1 aromatic rings. The van der Waals surface area contributed by atoms with Crippen LogP contribution in [-0.4, -0.2) is 0 Å². The number of rotatable bonds is 3. The summed E-state index contributed by atoms with van der Waals surface area (Å²) in [4.78, 5) is 0. The molecule has 0 atom stereocenters. The lowest BCUT2D eigenvalue weighted by Gasteiger charge is -2.07. The smallest absolute Gasteiger partial charge is 0.00892 e. The predicted molar refractivity (Wildman–Crippen MR) is 57.7 cm³/mol. The normalized spacial score (nSPS) is 9.62. The van der Waals surface area contributed by atoms with Crippen molar-refractivity contribution in [1.29, 1.82) is 0 Å². The van der Waals surface area contributed by atoms with Crippen molar-refractivity contribution >= 4 is 0 Å². The van der Waals surface area contributed by atoms with Gasteiger partial charge in [-0.25, -0.2) is 0 Å². The summed E-state index contributed by atoms with van der Waals surface area (Å²) >= 11 is 0. The number of terminal acetylenes is 1. The van der Waals surface area contributed by atoms with E-state index in [9.17, 15) is 0 Å². The molecule has 0 aliphatic carbocycles. The number of hydrogen-bond acceptors (Lipinski definition) is 0. The monoisotopic (exact) mass is 172 g/mol. The third kappa shape index (κ3) is 2.63. The van der Waals surface area contributed by atoms with Crippen LogP contribution < -0.4 is 0 Å². The van der Waals surface area contributed by atoms with E-state index in [1.807, 2.05) is 0 Å². The van der Waals surface area contributed by atoms with Gasteiger partial charge in [-0.05, 0) is 43.4 Å². The molecule has 1 aromatic carbocycles. The molecule has 0 saturated carbocycles. The van der Waals surface area contributed by atoms with Gasteiger partial charge in [0.05, 0.1) is 0 Å². The Balaban J connectivity index is 2.71. The average Bonchev–Trinajstić information content (AvgIpc) is 2.10. The van der Waals surface area contributed by atoms with Crippen molar-refractivity contribution in [3.8, 4) is 12.3 Å². The molecule has 0 heterocycles. The van der Waals surface area contributed by atoms with E-state index in [2.05, 4.69) is 38.0 Å². The van der Waals surface area contributed by atoms with Crippen molar-refractivity contribution in [3.05, 3.63) is 34.9 Å². The summed E-state index contributed by atoms with van der Waals surface area (Å²) in [6.45, 7) is 4.33. The third-order valence-electron chi connectivity index (χ3n) is 2.39. The van der Waals surface area contributed by atoms with Crippen LogP contribution in [0.3, 0.4) is 0 Å². The largest absolute Gasteiger partial charge is 0.120 e. The molecule has 0 fully saturated rings.